The van der Waals surface area contributed by atoms with E-state index in [1.807, 2.05) is 44.2 Å². The Morgan fingerprint density at radius 1 is 1.04 bits per heavy atom. The van der Waals surface area contributed by atoms with Crippen molar-refractivity contribution in [1.29, 1.82) is 0 Å². The van der Waals surface area contributed by atoms with E-state index in [0.29, 0.717) is 37.3 Å². The van der Waals surface area contributed by atoms with E-state index in [1.165, 1.54) is 24.3 Å². The van der Waals surface area contributed by atoms with Crippen molar-refractivity contribution in [3.8, 4) is 41.2 Å². The number of aromatic nitrogens is 3. The SMILES string of the molecule is C#Cc1c(F)ccc2cc(O)cc(-c3nc4c5c(nc(OC[C@@]67CCCN6CC(F)C7)nc5c3F)N(C3CC(OCc5ccccc5)C3)CCO4)c12.CC. The summed E-state index contributed by atoms with van der Waals surface area (Å²) in [5.41, 5.74) is 0.297. The molecule has 1 unspecified atom stereocenters. The van der Waals surface area contributed by atoms with Gasteiger partial charge >= 0.3 is 6.01 Å². The van der Waals surface area contributed by atoms with Crippen LogP contribution in [0.1, 0.15) is 57.1 Å². The van der Waals surface area contributed by atoms with Crippen LogP contribution in [-0.4, -0.2) is 81.7 Å². The van der Waals surface area contributed by atoms with Crippen molar-refractivity contribution in [3.05, 3.63) is 77.4 Å². The largest absolute Gasteiger partial charge is 0.508 e. The van der Waals surface area contributed by atoms with E-state index in [4.69, 9.17) is 25.6 Å². The van der Waals surface area contributed by atoms with Crippen LogP contribution in [0.3, 0.4) is 0 Å². The Balaban J connectivity index is 0.00000203. The summed E-state index contributed by atoms with van der Waals surface area (Å²) in [5, 5.41) is 11.6. The monoisotopic (exact) mass is 737 g/mol. The van der Waals surface area contributed by atoms with Gasteiger partial charge in [-0.3, -0.25) is 4.90 Å². The van der Waals surface area contributed by atoms with Gasteiger partial charge in [0, 0.05) is 30.0 Å². The third-order valence-electron chi connectivity index (χ3n) is 11.1. The maximum atomic E-state index is 17.2. The van der Waals surface area contributed by atoms with Crippen LogP contribution in [0.15, 0.2) is 54.6 Å². The van der Waals surface area contributed by atoms with Crippen LogP contribution in [0.4, 0.5) is 19.0 Å². The van der Waals surface area contributed by atoms with Gasteiger partial charge in [0.05, 0.1) is 30.4 Å². The third kappa shape index (κ3) is 6.33. The summed E-state index contributed by atoms with van der Waals surface area (Å²) in [6.45, 7) is 6.45. The van der Waals surface area contributed by atoms with Crippen LogP contribution in [0.2, 0.25) is 0 Å². The van der Waals surface area contributed by atoms with Crippen LogP contribution < -0.4 is 14.4 Å². The molecule has 5 heterocycles. The van der Waals surface area contributed by atoms with E-state index in [1.54, 1.807) is 0 Å². The number of fused-ring (bicyclic) bond motifs is 2. The summed E-state index contributed by atoms with van der Waals surface area (Å²) < 4.78 is 65.5. The lowest BCUT2D eigenvalue weighted by Gasteiger charge is -2.43. The highest BCUT2D eigenvalue weighted by atomic mass is 19.1. The Morgan fingerprint density at radius 2 is 1.85 bits per heavy atom. The Morgan fingerprint density at radius 3 is 2.65 bits per heavy atom. The number of halogens is 3. The minimum absolute atomic E-state index is 0.0197. The molecule has 3 fully saturated rings. The van der Waals surface area contributed by atoms with E-state index in [-0.39, 0.29) is 76.1 Å². The smallest absolute Gasteiger partial charge is 0.319 e. The molecule has 54 heavy (non-hydrogen) atoms. The standard InChI is InChI=1S/C40H36F3N5O4.C2H6/c1-2-29-31(42)10-9-24-15-27(49)18-30(32(24)29)35-34(43)36-33-37(46-39(45-36)52-22-40-11-6-12-47(40)20-25(41)19-40)48(13-14-50-38(33)44-35)26-16-28(17-26)51-21-23-7-4-3-5-8-23;1-2/h1,3-5,7-10,15,18,25-26,28,49H,6,11-14,16-17,19-22H2;1-2H3/t25?,26?,28?,40-;/m0./s1. The molecule has 1 aliphatic carbocycles. The lowest BCUT2D eigenvalue weighted by Crippen LogP contribution is -2.49. The molecule has 2 atom stereocenters. The number of pyridine rings is 1. The third-order valence-corrected chi connectivity index (χ3v) is 11.1. The molecule has 280 valence electrons. The zero-order valence-electron chi connectivity index (χ0n) is 30.3. The summed E-state index contributed by atoms with van der Waals surface area (Å²) >= 11 is 0. The first-order valence-corrected chi connectivity index (χ1v) is 18.7. The van der Waals surface area contributed by atoms with Crippen molar-refractivity contribution >= 4 is 27.5 Å². The molecule has 0 bridgehead atoms. The van der Waals surface area contributed by atoms with Gasteiger partial charge in [-0.15, -0.1) is 6.42 Å². The van der Waals surface area contributed by atoms with Crippen molar-refractivity contribution < 1.29 is 32.5 Å². The van der Waals surface area contributed by atoms with Gasteiger partial charge in [-0.1, -0.05) is 56.2 Å². The maximum absolute atomic E-state index is 17.2. The van der Waals surface area contributed by atoms with Gasteiger partial charge < -0.3 is 24.2 Å². The van der Waals surface area contributed by atoms with Crippen molar-refractivity contribution in [1.82, 2.24) is 19.9 Å². The second kappa shape index (κ2) is 14.6. The Hall–Kier alpha value is -5.12. The highest BCUT2D eigenvalue weighted by Crippen LogP contribution is 2.45. The fourth-order valence-corrected chi connectivity index (χ4v) is 8.48. The Bertz CT molecular complexity index is 2250. The van der Waals surface area contributed by atoms with Crippen LogP contribution in [-0.2, 0) is 11.3 Å². The second-order valence-electron chi connectivity index (χ2n) is 14.2. The second-order valence-corrected chi connectivity index (χ2v) is 14.2. The zero-order chi connectivity index (χ0) is 37.6. The zero-order valence-corrected chi connectivity index (χ0v) is 30.3. The molecule has 9 nitrogen and oxygen atoms in total. The molecule has 5 aromatic rings. The average Bonchev–Trinajstić information content (AvgIpc) is 3.63. The molecule has 3 aromatic carbocycles. The summed E-state index contributed by atoms with van der Waals surface area (Å²) in [7, 11) is 0. The highest BCUT2D eigenvalue weighted by molar-refractivity contribution is 6.04. The minimum atomic E-state index is -0.946. The summed E-state index contributed by atoms with van der Waals surface area (Å²) in [6, 6.07) is 15.4. The average molecular weight is 738 g/mol. The predicted molar refractivity (Wildman–Crippen MR) is 201 cm³/mol. The maximum Gasteiger partial charge on any atom is 0.319 e. The topological polar surface area (TPSA) is 93.1 Å². The van der Waals surface area contributed by atoms with Crippen molar-refractivity contribution in [2.24, 2.45) is 0 Å². The number of alkyl halides is 1. The van der Waals surface area contributed by atoms with Crippen molar-refractivity contribution in [3.63, 3.8) is 0 Å². The molecule has 1 saturated carbocycles. The van der Waals surface area contributed by atoms with Gasteiger partial charge in [0.2, 0.25) is 5.88 Å². The molecular weight excluding hydrogens is 695 g/mol. The van der Waals surface area contributed by atoms with Crippen LogP contribution in [0.25, 0.3) is 32.9 Å². The molecule has 3 aliphatic heterocycles. The summed E-state index contributed by atoms with van der Waals surface area (Å²) in [4.78, 5) is 18.3. The summed E-state index contributed by atoms with van der Waals surface area (Å²) in [5.74, 6) is 1.22. The minimum Gasteiger partial charge on any atom is -0.508 e. The number of hydrogen-bond acceptors (Lipinski definition) is 9. The van der Waals surface area contributed by atoms with Gasteiger partial charge in [0.15, 0.2) is 5.82 Å². The first kappa shape index (κ1) is 35.9. The quantitative estimate of drug-likeness (QED) is 0.161. The number of terminal acetylenes is 1. The number of ether oxygens (including phenoxy) is 3. The van der Waals surface area contributed by atoms with E-state index >= 15 is 8.78 Å². The lowest BCUT2D eigenvalue weighted by molar-refractivity contribution is -0.0209. The van der Waals surface area contributed by atoms with E-state index in [9.17, 15) is 9.50 Å². The van der Waals surface area contributed by atoms with E-state index in [2.05, 4.69) is 25.7 Å². The Labute approximate surface area is 312 Å². The summed E-state index contributed by atoms with van der Waals surface area (Å²) in [6.07, 6.45) is 8.35. The first-order valence-electron chi connectivity index (χ1n) is 18.7. The van der Waals surface area contributed by atoms with Crippen LogP contribution in [0.5, 0.6) is 17.6 Å². The van der Waals surface area contributed by atoms with Crippen LogP contribution >= 0.6 is 0 Å². The van der Waals surface area contributed by atoms with Crippen molar-refractivity contribution in [2.45, 2.75) is 76.4 Å². The van der Waals surface area contributed by atoms with E-state index in [0.717, 1.165) is 37.8 Å². The number of aromatic hydroxyl groups is 1. The number of rotatable bonds is 8. The molecule has 1 N–H and O–H groups in total. The molecule has 2 saturated heterocycles. The fraction of sp³-hybridized carbons (Fsp3) is 0.405. The predicted octanol–water partition coefficient (Wildman–Crippen LogP) is 7.74. The Kier molecular flexibility index (Phi) is 9.71. The molecule has 0 radical (unpaired) electrons. The molecule has 2 aromatic heterocycles. The molecule has 9 rings (SSSR count). The molecule has 0 amide bonds. The number of phenols is 1. The number of anilines is 1. The van der Waals surface area contributed by atoms with E-state index < -0.39 is 23.3 Å². The van der Waals surface area contributed by atoms with Gasteiger partial charge in [-0.2, -0.15) is 9.97 Å². The number of benzene rings is 3. The number of phenolic OH excluding ortho intramolecular Hbond substituents is 1. The molecule has 4 aliphatic rings. The molecule has 0 spiro atoms. The number of hydrogen-bond donors (Lipinski definition) is 1. The van der Waals surface area contributed by atoms with Crippen molar-refractivity contribution in [2.75, 3.05) is 37.7 Å². The molecule has 12 heteroatoms. The fourth-order valence-electron chi connectivity index (χ4n) is 8.48. The first-order chi connectivity index (χ1) is 26.3. The highest BCUT2D eigenvalue weighted by Gasteiger charge is 2.49. The molecular formula is C42H42F3N5O4. The van der Waals surface area contributed by atoms with Crippen LogP contribution in [0, 0.1) is 24.0 Å². The normalized spacial score (nSPS) is 23.2. The van der Waals surface area contributed by atoms with Gasteiger partial charge in [-0.25, -0.2) is 18.2 Å². The van der Waals surface area contributed by atoms with Gasteiger partial charge in [0.1, 0.15) is 53.4 Å². The van der Waals surface area contributed by atoms with Gasteiger partial charge in [-0.05, 0) is 61.4 Å². The van der Waals surface area contributed by atoms with Gasteiger partial charge in [0.25, 0.3) is 0 Å². The lowest BCUT2D eigenvalue weighted by atomic mass is 9.87. The number of nitrogens with zero attached hydrogens (tertiary/aromatic N) is 5.